The quantitative estimate of drug-likeness (QED) is 0.700. The Labute approximate surface area is 128 Å². The van der Waals surface area contributed by atoms with Gasteiger partial charge in [0.25, 0.3) is 0 Å². The molecule has 0 aromatic heterocycles. The lowest BCUT2D eigenvalue weighted by Crippen LogP contribution is -2.29. The van der Waals surface area contributed by atoms with E-state index in [1.807, 2.05) is 0 Å². The lowest BCUT2D eigenvalue weighted by atomic mass is 9.92. The Bertz CT molecular complexity index is 429. The van der Waals surface area contributed by atoms with Crippen molar-refractivity contribution in [3.05, 3.63) is 33.8 Å². The van der Waals surface area contributed by atoms with Crippen LogP contribution in [0.3, 0.4) is 0 Å². The molecule has 114 valence electrons. The Hall–Kier alpha value is -0.520. The predicted octanol–water partition coefficient (Wildman–Crippen LogP) is 4.44. The predicted molar refractivity (Wildman–Crippen MR) is 80.7 cm³/mol. The van der Waals surface area contributed by atoms with Crippen LogP contribution in [-0.4, -0.2) is 20.3 Å². The van der Waals surface area contributed by atoms with Crippen molar-refractivity contribution in [2.24, 2.45) is 5.92 Å². The molecule has 1 rings (SSSR count). The molecular formula is C15H22BrF2NO. The van der Waals surface area contributed by atoms with Gasteiger partial charge in [-0.1, -0.05) is 19.9 Å². The summed E-state index contributed by atoms with van der Waals surface area (Å²) in [5, 5.41) is 3.41. The number of benzene rings is 1. The Balaban J connectivity index is 3.00. The molecule has 2 atom stereocenters. The van der Waals surface area contributed by atoms with Crippen molar-refractivity contribution in [3.63, 3.8) is 0 Å². The maximum absolute atomic E-state index is 13.7. The molecule has 20 heavy (non-hydrogen) atoms. The molecule has 0 radical (unpaired) electrons. The minimum absolute atomic E-state index is 0.0328. The van der Waals surface area contributed by atoms with Gasteiger partial charge in [-0.3, -0.25) is 0 Å². The Morgan fingerprint density at radius 2 is 2.05 bits per heavy atom. The fourth-order valence-electron chi connectivity index (χ4n) is 2.17. The molecule has 0 amide bonds. The highest BCUT2D eigenvalue weighted by Crippen LogP contribution is 2.33. The number of rotatable bonds is 8. The van der Waals surface area contributed by atoms with E-state index in [0.29, 0.717) is 6.61 Å². The van der Waals surface area contributed by atoms with E-state index in [2.05, 4.69) is 35.1 Å². The van der Waals surface area contributed by atoms with Crippen LogP contribution in [0.2, 0.25) is 0 Å². The van der Waals surface area contributed by atoms with Gasteiger partial charge < -0.3 is 10.1 Å². The standard InChI is InChI=1S/C15H22BrF2NO/c1-4-8-19-15(10(2)7-9-20-3)11-5-6-12(17)14(18)13(11)16/h5-6,10,15,19H,4,7-9H2,1-3H3. The minimum atomic E-state index is -0.834. The maximum Gasteiger partial charge on any atom is 0.173 e. The third-order valence-electron chi connectivity index (χ3n) is 3.36. The van der Waals surface area contributed by atoms with Gasteiger partial charge in [0.1, 0.15) is 0 Å². The van der Waals surface area contributed by atoms with Crippen molar-refractivity contribution >= 4 is 15.9 Å². The number of halogens is 3. The Kier molecular flexibility index (Phi) is 7.62. The normalized spacial score (nSPS) is 14.3. The summed E-state index contributed by atoms with van der Waals surface area (Å²) in [5.41, 5.74) is 0.751. The molecule has 0 saturated carbocycles. The van der Waals surface area contributed by atoms with Gasteiger partial charge in [0.05, 0.1) is 4.47 Å². The summed E-state index contributed by atoms with van der Waals surface area (Å²) < 4.78 is 32.3. The highest BCUT2D eigenvalue weighted by atomic mass is 79.9. The van der Waals surface area contributed by atoms with Crippen LogP contribution in [0.1, 0.15) is 38.3 Å². The second-order valence-electron chi connectivity index (χ2n) is 4.96. The molecule has 0 fully saturated rings. The number of methoxy groups -OCH3 is 1. The molecule has 2 unspecified atom stereocenters. The largest absolute Gasteiger partial charge is 0.385 e. The van der Waals surface area contributed by atoms with E-state index < -0.39 is 11.6 Å². The van der Waals surface area contributed by atoms with Crippen LogP contribution < -0.4 is 5.32 Å². The molecule has 0 heterocycles. The van der Waals surface area contributed by atoms with E-state index in [0.717, 1.165) is 24.9 Å². The fraction of sp³-hybridized carbons (Fsp3) is 0.600. The van der Waals surface area contributed by atoms with Crippen LogP contribution in [0.25, 0.3) is 0 Å². The first kappa shape index (κ1) is 17.5. The van der Waals surface area contributed by atoms with Crippen LogP contribution >= 0.6 is 15.9 Å². The molecule has 2 nitrogen and oxygen atoms in total. The average molecular weight is 350 g/mol. The summed E-state index contributed by atoms with van der Waals surface area (Å²) in [6, 6.07) is 2.78. The molecule has 0 bridgehead atoms. The molecular weight excluding hydrogens is 328 g/mol. The van der Waals surface area contributed by atoms with Gasteiger partial charge in [-0.05, 0) is 52.9 Å². The summed E-state index contributed by atoms with van der Waals surface area (Å²) in [7, 11) is 1.66. The highest BCUT2D eigenvalue weighted by molar-refractivity contribution is 9.10. The van der Waals surface area contributed by atoms with E-state index in [1.165, 1.54) is 6.07 Å². The maximum atomic E-state index is 13.7. The average Bonchev–Trinajstić information content (AvgIpc) is 2.44. The molecule has 5 heteroatoms. The summed E-state index contributed by atoms with van der Waals surface area (Å²) in [6.45, 7) is 5.63. The molecule has 0 aliphatic rings. The fourth-order valence-corrected chi connectivity index (χ4v) is 2.74. The van der Waals surface area contributed by atoms with Crippen LogP contribution in [0.15, 0.2) is 16.6 Å². The van der Waals surface area contributed by atoms with Gasteiger partial charge in [0, 0.05) is 19.8 Å². The second kappa shape index (κ2) is 8.70. The SMILES string of the molecule is CCCNC(c1ccc(F)c(F)c1Br)C(C)CCOC. The van der Waals surface area contributed by atoms with E-state index in [9.17, 15) is 8.78 Å². The number of ether oxygens (including phenoxy) is 1. The molecule has 1 N–H and O–H groups in total. The summed E-state index contributed by atoms with van der Waals surface area (Å²) in [4.78, 5) is 0. The van der Waals surface area contributed by atoms with Crippen LogP contribution in [0.4, 0.5) is 8.78 Å². The van der Waals surface area contributed by atoms with Gasteiger partial charge >= 0.3 is 0 Å². The first-order chi connectivity index (χ1) is 9.52. The lowest BCUT2D eigenvalue weighted by Gasteiger charge is -2.26. The molecule has 0 spiro atoms. The summed E-state index contributed by atoms with van der Waals surface area (Å²) in [5.74, 6) is -1.41. The van der Waals surface area contributed by atoms with E-state index in [-0.39, 0.29) is 16.4 Å². The van der Waals surface area contributed by atoms with E-state index in [4.69, 9.17) is 4.74 Å². The first-order valence-electron chi connectivity index (χ1n) is 6.88. The van der Waals surface area contributed by atoms with Crippen molar-refractivity contribution in [2.45, 2.75) is 32.7 Å². The smallest absolute Gasteiger partial charge is 0.173 e. The molecule has 0 aliphatic heterocycles. The summed E-state index contributed by atoms with van der Waals surface area (Å²) >= 11 is 3.17. The molecule has 1 aromatic carbocycles. The molecule has 1 aromatic rings. The zero-order chi connectivity index (χ0) is 15.1. The summed E-state index contributed by atoms with van der Waals surface area (Å²) in [6.07, 6.45) is 1.83. The van der Waals surface area contributed by atoms with Crippen molar-refractivity contribution in [3.8, 4) is 0 Å². The van der Waals surface area contributed by atoms with Gasteiger partial charge in [0.15, 0.2) is 11.6 Å². The third-order valence-corrected chi connectivity index (χ3v) is 4.17. The second-order valence-corrected chi connectivity index (χ2v) is 5.75. The zero-order valence-electron chi connectivity index (χ0n) is 12.2. The highest BCUT2D eigenvalue weighted by Gasteiger charge is 2.23. The van der Waals surface area contributed by atoms with Crippen molar-refractivity contribution in [1.82, 2.24) is 5.32 Å². The topological polar surface area (TPSA) is 21.3 Å². The molecule has 0 aliphatic carbocycles. The lowest BCUT2D eigenvalue weighted by molar-refractivity contribution is 0.170. The Morgan fingerprint density at radius 1 is 1.35 bits per heavy atom. The monoisotopic (exact) mass is 349 g/mol. The van der Waals surface area contributed by atoms with Gasteiger partial charge in [-0.25, -0.2) is 8.78 Å². The number of hydrogen-bond acceptors (Lipinski definition) is 2. The van der Waals surface area contributed by atoms with Crippen molar-refractivity contribution in [2.75, 3.05) is 20.3 Å². The van der Waals surface area contributed by atoms with Gasteiger partial charge in [-0.15, -0.1) is 0 Å². The third kappa shape index (κ3) is 4.50. The van der Waals surface area contributed by atoms with Crippen molar-refractivity contribution in [1.29, 1.82) is 0 Å². The van der Waals surface area contributed by atoms with Gasteiger partial charge in [0.2, 0.25) is 0 Å². The van der Waals surface area contributed by atoms with Crippen molar-refractivity contribution < 1.29 is 13.5 Å². The minimum Gasteiger partial charge on any atom is -0.385 e. The number of hydrogen-bond donors (Lipinski definition) is 1. The Morgan fingerprint density at radius 3 is 2.65 bits per heavy atom. The van der Waals surface area contributed by atoms with E-state index in [1.54, 1.807) is 13.2 Å². The molecule has 0 saturated heterocycles. The van der Waals surface area contributed by atoms with Crippen LogP contribution in [0, 0.1) is 17.6 Å². The van der Waals surface area contributed by atoms with Gasteiger partial charge in [-0.2, -0.15) is 0 Å². The zero-order valence-corrected chi connectivity index (χ0v) is 13.8. The van der Waals surface area contributed by atoms with Crippen LogP contribution in [-0.2, 0) is 4.74 Å². The van der Waals surface area contributed by atoms with E-state index >= 15 is 0 Å². The number of nitrogens with one attached hydrogen (secondary N) is 1. The first-order valence-corrected chi connectivity index (χ1v) is 7.67. The van der Waals surface area contributed by atoms with Crippen LogP contribution in [0.5, 0.6) is 0 Å².